The van der Waals surface area contributed by atoms with Gasteiger partial charge in [-0.05, 0) is 29.3 Å². The normalized spacial score (nSPS) is 10.4. The van der Waals surface area contributed by atoms with E-state index in [4.69, 9.17) is 11.6 Å². The Kier molecular flexibility index (Phi) is 5.19. The molecule has 2 rings (SSSR count). The summed E-state index contributed by atoms with van der Waals surface area (Å²) >= 11 is 1.53. The highest BCUT2D eigenvalue weighted by Crippen LogP contribution is 2.25. The van der Waals surface area contributed by atoms with Crippen LogP contribution in [0.2, 0.25) is 0 Å². The minimum Gasteiger partial charge on any atom is -0.396 e. The largest absolute Gasteiger partial charge is 0.396 e. The van der Waals surface area contributed by atoms with E-state index in [-0.39, 0.29) is 18.0 Å². The lowest BCUT2D eigenvalue weighted by atomic mass is 10.1. The molecule has 0 heterocycles. The van der Waals surface area contributed by atoms with Gasteiger partial charge < -0.3 is 5.73 Å². The van der Waals surface area contributed by atoms with Crippen LogP contribution in [0.1, 0.15) is 11.1 Å². The van der Waals surface area contributed by atoms with Gasteiger partial charge in [-0.2, -0.15) is 0 Å². The molecule has 2 aromatic rings. The van der Waals surface area contributed by atoms with Gasteiger partial charge >= 0.3 is 0 Å². The number of halogens is 1. The van der Waals surface area contributed by atoms with E-state index in [1.807, 2.05) is 24.3 Å². The fourth-order valence-corrected chi connectivity index (χ4v) is 2.63. The van der Waals surface area contributed by atoms with Gasteiger partial charge in [0.2, 0.25) is 5.91 Å². The van der Waals surface area contributed by atoms with Crippen LogP contribution in [0.25, 0.3) is 0 Å². The first-order chi connectivity index (χ1) is 10.1. The number of hydrazine groups is 1. The summed E-state index contributed by atoms with van der Waals surface area (Å²) in [6.07, 6.45) is 0.257. The molecular weight excluding hydrogens is 289 g/mol. The van der Waals surface area contributed by atoms with Gasteiger partial charge in [-0.25, -0.2) is 10.2 Å². The van der Waals surface area contributed by atoms with E-state index in [0.717, 1.165) is 16.0 Å². The molecule has 0 atom stereocenters. The predicted octanol–water partition coefficient (Wildman–Crippen LogP) is 2.23. The van der Waals surface area contributed by atoms with Crippen molar-refractivity contribution in [1.82, 2.24) is 5.43 Å². The van der Waals surface area contributed by atoms with Gasteiger partial charge in [0.05, 0.1) is 12.1 Å². The zero-order valence-corrected chi connectivity index (χ0v) is 12.1. The molecule has 0 bridgehead atoms. The molecule has 0 radical (unpaired) electrons. The van der Waals surface area contributed by atoms with Crippen LogP contribution in [-0.4, -0.2) is 5.91 Å². The van der Waals surface area contributed by atoms with Crippen molar-refractivity contribution in [3.63, 3.8) is 0 Å². The first-order valence-corrected chi connectivity index (χ1v) is 7.32. The highest BCUT2D eigenvalue weighted by molar-refractivity contribution is 7.98. The lowest BCUT2D eigenvalue weighted by molar-refractivity contribution is -0.120. The summed E-state index contributed by atoms with van der Waals surface area (Å²) in [5.74, 6) is 5.13. The van der Waals surface area contributed by atoms with Crippen molar-refractivity contribution in [3.8, 4) is 0 Å². The Morgan fingerprint density at radius 3 is 2.43 bits per heavy atom. The SMILES string of the molecule is NNC(=O)Cc1ccc(CSc2ccc(N)c(F)c2)cc1. The van der Waals surface area contributed by atoms with E-state index >= 15 is 0 Å². The van der Waals surface area contributed by atoms with Gasteiger partial charge in [-0.15, -0.1) is 11.8 Å². The number of hydrogen-bond acceptors (Lipinski definition) is 4. The average molecular weight is 305 g/mol. The molecule has 4 nitrogen and oxygen atoms in total. The number of rotatable bonds is 5. The Balaban J connectivity index is 1.94. The predicted molar refractivity (Wildman–Crippen MR) is 82.8 cm³/mol. The summed E-state index contributed by atoms with van der Waals surface area (Å²) in [5, 5.41) is 0. The van der Waals surface area contributed by atoms with Gasteiger partial charge in [-0.1, -0.05) is 24.3 Å². The third kappa shape index (κ3) is 4.47. The van der Waals surface area contributed by atoms with Crippen LogP contribution < -0.4 is 17.0 Å². The number of thioether (sulfide) groups is 1. The number of carbonyl (C=O) groups is 1. The summed E-state index contributed by atoms with van der Waals surface area (Å²) < 4.78 is 13.3. The first-order valence-electron chi connectivity index (χ1n) is 6.33. The number of nitrogens with two attached hydrogens (primary N) is 2. The molecule has 1 amide bonds. The van der Waals surface area contributed by atoms with Gasteiger partial charge in [0.1, 0.15) is 5.82 Å². The smallest absolute Gasteiger partial charge is 0.238 e. The second-order valence-corrected chi connectivity index (χ2v) is 5.58. The second kappa shape index (κ2) is 7.10. The first kappa shape index (κ1) is 15.3. The third-order valence-electron chi connectivity index (χ3n) is 2.93. The van der Waals surface area contributed by atoms with Crippen molar-refractivity contribution >= 4 is 23.4 Å². The summed E-state index contributed by atoms with van der Waals surface area (Å²) in [5.41, 5.74) is 9.67. The van der Waals surface area contributed by atoms with Crippen molar-refractivity contribution in [2.75, 3.05) is 5.73 Å². The highest BCUT2D eigenvalue weighted by Gasteiger charge is 2.03. The Bertz CT molecular complexity index is 631. The van der Waals surface area contributed by atoms with Gasteiger partial charge in [0.15, 0.2) is 0 Å². The molecule has 0 saturated heterocycles. The molecule has 110 valence electrons. The number of nitrogen functional groups attached to an aromatic ring is 1. The molecule has 0 fully saturated rings. The van der Waals surface area contributed by atoms with Gasteiger partial charge in [0.25, 0.3) is 0 Å². The number of anilines is 1. The molecule has 21 heavy (non-hydrogen) atoms. The fraction of sp³-hybridized carbons (Fsp3) is 0.133. The number of hydrogen-bond donors (Lipinski definition) is 3. The van der Waals surface area contributed by atoms with Crippen LogP contribution in [-0.2, 0) is 17.0 Å². The average Bonchev–Trinajstić information content (AvgIpc) is 2.50. The zero-order valence-electron chi connectivity index (χ0n) is 11.3. The van der Waals surface area contributed by atoms with E-state index in [0.29, 0.717) is 5.75 Å². The standard InChI is InChI=1S/C15H16FN3OS/c16-13-8-12(5-6-14(13)17)21-9-11-3-1-10(2-4-11)7-15(20)19-18/h1-6,8H,7,9,17-18H2,(H,19,20). The Morgan fingerprint density at radius 2 is 1.81 bits per heavy atom. The number of benzene rings is 2. The Hall–Kier alpha value is -2.05. The van der Waals surface area contributed by atoms with Crippen molar-refractivity contribution in [3.05, 3.63) is 59.4 Å². The van der Waals surface area contributed by atoms with Crippen molar-refractivity contribution < 1.29 is 9.18 Å². The fourth-order valence-electron chi connectivity index (χ4n) is 1.75. The van der Waals surface area contributed by atoms with E-state index in [1.54, 1.807) is 12.1 Å². The monoisotopic (exact) mass is 305 g/mol. The summed E-state index contributed by atoms with van der Waals surface area (Å²) in [7, 11) is 0. The molecular formula is C15H16FN3OS. The lowest BCUT2D eigenvalue weighted by Crippen LogP contribution is -2.31. The number of carbonyl (C=O) groups excluding carboxylic acids is 1. The summed E-state index contributed by atoms with van der Waals surface area (Å²) in [6.45, 7) is 0. The van der Waals surface area contributed by atoms with Crippen LogP contribution in [0, 0.1) is 5.82 Å². The topological polar surface area (TPSA) is 81.1 Å². The molecule has 5 N–H and O–H groups in total. The molecule has 0 unspecified atom stereocenters. The quantitative estimate of drug-likeness (QED) is 0.260. The van der Waals surface area contributed by atoms with Gasteiger partial charge in [0, 0.05) is 10.6 Å². The maximum absolute atomic E-state index is 13.3. The van der Waals surface area contributed by atoms with Gasteiger partial charge in [-0.3, -0.25) is 10.2 Å². The molecule has 0 aliphatic heterocycles. The molecule has 6 heteroatoms. The van der Waals surface area contributed by atoms with E-state index in [1.165, 1.54) is 17.8 Å². The van der Waals surface area contributed by atoms with Crippen LogP contribution in [0.3, 0.4) is 0 Å². The minimum absolute atomic E-state index is 0.155. The Labute approximate surface area is 126 Å². The summed E-state index contributed by atoms with van der Waals surface area (Å²) in [4.78, 5) is 12.0. The molecule has 0 saturated carbocycles. The van der Waals surface area contributed by atoms with Crippen LogP contribution in [0.4, 0.5) is 10.1 Å². The summed E-state index contributed by atoms with van der Waals surface area (Å²) in [6, 6.07) is 12.4. The molecule has 0 aliphatic rings. The molecule has 0 aromatic heterocycles. The molecule has 0 aliphatic carbocycles. The van der Waals surface area contributed by atoms with E-state index in [2.05, 4.69) is 5.43 Å². The maximum atomic E-state index is 13.3. The number of nitrogens with one attached hydrogen (secondary N) is 1. The van der Waals surface area contributed by atoms with Crippen molar-refractivity contribution in [2.45, 2.75) is 17.1 Å². The molecule has 2 aromatic carbocycles. The van der Waals surface area contributed by atoms with Crippen LogP contribution in [0.15, 0.2) is 47.4 Å². The number of amides is 1. The Morgan fingerprint density at radius 1 is 1.14 bits per heavy atom. The van der Waals surface area contributed by atoms with Crippen molar-refractivity contribution in [1.29, 1.82) is 0 Å². The molecule has 0 spiro atoms. The van der Waals surface area contributed by atoms with Crippen molar-refractivity contribution in [2.24, 2.45) is 5.84 Å². The maximum Gasteiger partial charge on any atom is 0.238 e. The van der Waals surface area contributed by atoms with E-state index in [9.17, 15) is 9.18 Å². The van der Waals surface area contributed by atoms with Crippen LogP contribution >= 0.6 is 11.8 Å². The minimum atomic E-state index is -0.400. The van der Waals surface area contributed by atoms with Crippen LogP contribution in [0.5, 0.6) is 0 Å². The third-order valence-corrected chi connectivity index (χ3v) is 3.99. The lowest BCUT2D eigenvalue weighted by Gasteiger charge is -2.05. The van der Waals surface area contributed by atoms with E-state index < -0.39 is 5.82 Å². The second-order valence-electron chi connectivity index (χ2n) is 4.53. The zero-order chi connectivity index (χ0) is 15.2. The highest BCUT2D eigenvalue weighted by atomic mass is 32.2.